The van der Waals surface area contributed by atoms with Crippen LogP contribution in [0.25, 0.3) is 4.96 Å². The third-order valence-electron chi connectivity index (χ3n) is 4.69. The molecule has 1 aromatic carbocycles. The van der Waals surface area contributed by atoms with E-state index >= 15 is 0 Å². The zero-order chi connectivity index (χ0) is 16.5. The largest absolute Gasteiger partial charge is 0.508 e. The van der Waals surface area contributed by atoms with Crippen LogP contribution in [0, 0.1) is 0 Å². The van der Waals surface area contributed by atoms with Gasteiger partial charge in [-0.05, 0) is 36.5 Å². The monoisotopic (exact) mass is 341 g/mol. The van der Waals surface area contributed by atoms with Crippen LogP contribution < -0.4 is 0 Å². The number of hydrogen-bond acceptors (Lipinski definition) is 4. The van der Waals surface area contributed by atoms with E-state index in [9.17, 15) is 9.90 Å². The van der Waals surface area contributed by atoms with E-state index in [1.165, 1.54) is 5.56 Å². The van der Waals surface area contributed by atoms with Crippen molar-refractivity contribution in [1.29, 1.82) is 0 Å². The average Bonchev–Trinajstić information content (AvgIpc) is 3.17. The molecule has 1 N–H and O–H groups in total. The smallest absolute Gasteiger partial charge is 0.228 e. The van der Waals surface area contributed by atoms with Gasteiger partial charge in [0.05, 0.1) is 12.1 Å². The van der Waals surface area contributed by atoms with Gasteiger partial charge in [-0.15, -0.1) is 11.3 Å². The van der Waals surface area contributed by atoms with Crippen molar-refractivity contribution >= 4 is 22.2 Å². The first-order chi connectivity index (χ1) is 11.7. The zero-order valence-electron chi connectivity index (χ0n) is 13.3. The van der Waals surface area contributed by atoms with Crippen molar-refractivity contribution in [2.45, 2.75) is 25.2 Å². The number of imidazole rings is 1. The second-order valence-electron chi connectivity index (χ2n) is 6.25. The van der Waals surface area contributed by atoms with Crippen molar-refractivity contribution in [2.24, 2.45) is 0 Å². The minimum Gasteiger partial charge on any atom is -0.508 e. The Balaban J connectivity index is 1.35. The molecule has 1 saturated heterocycles. The molecule has 5 nitrogen and oxygen atoms in total. The van der Waals surface area contributed by atoms with E-state index in [0.29, 0.717) is 18.1 Å². The van der Waals surface area contributed by atoms with Crippen LogP contribution in [0.15, 0.2) is 42.0 Å². The van der Waals surface area contributed by atoms with Crippen molar-refractivity contribution in [1.82, 2.24) is 14.3 Å². The van der Waals surface area contributed by atoms with Crippen LogP contribution >= 0.6 is 11.3 Å². The van der Waals surface area contributed by atoms with Crippen LogP contribution in [0.3, 0.4) is 0 Å². The molecule has 0 spiro atoms. The van der Waals surface area contributed by atoms with Crippen molar-refractivity contribution in [3.8, 4) is 5.75 Å². The fourth-order valence-electron chi connectivity index (χ4n) is 3.34. The summed E-state index contributed by atoms with van der Waals surface area (Å²) in [7, 11) is 0. The predicted molar refractivity (Wildman–Crippen MR) is 93.4 cm³/mol. The lowest BCUT2D eigenvalue weighted by Gasteiger charge is -2.32. The van der Waals surface area contributed by atoms with Gasteiger partial charge in [0.25, 0.3) is 0 Å². The number of carbonyl (C=O) groups is 1. The molecule has 0 unspecified atom stereocenters. The van der Waals surface area contributed by atoms with E-state index < -0.39 is 0 Å². The highest BCUT2D eigenvalue weighted by Crippen LogP contribution is 2.29. The third-order valence-corrected chi connectivity index (χ3v) is 5.46. The first-order valence-electron chi connectivity index (χ1n) is 8.17. The van der Waals surface area contributed by atoms with Crippen LogP contribution in [-0.2, 0) is 11.2 Å². The van der Waals surface area contributed by atoms with E-state index in [0.717, 1.165) is 36.6 Å². The number of aromatic hydroxyl groups is 1. The van der Waals surface area contributed by atoms with Gasteiger partial charge in [-0.1, -0.05) is 12.1 Å². The molecule has 0 bridgehead atoms. The molecular formula is C18H19N3O2S. The van der Waals surface area contributed by atoms with Gasteiger partial charge in [0.15, 0.2) is 4.96 Å². The predicted octanol–water partition coefficient (Wildman–Crippen LogP) is 3.05. The lowest BCUT2D eigenvalue weighted by atomic mass is 9.89. The Kier molecular flexibility index (Phi) is 3.98. The molecule has 1 amide bonds. The Morgan fingerprint density at radius 3 is 2.71 bits per heavy atom. The Morgan fingerprint density at radius 2 is 2.00 bits per heavy atom. The second-order valence-corrected chi connectivity index (χ2v) is 7.12. The summed E-state index contributed by atoms with van der Waals surface area (Å²) >= 11 is 1.58. The average molecular weight is 341 g/mol. The highest BCUT2D eigenvalue weighted by Gasteiger charge is 2.24. The minimum absolute atomic E-state index is 0.157. The van der Waals surface area contributed by atoms with Gasteiger partial charge in [-0.3, -0.25) is 9.20 Å². The number of piperidine rings is 1. The Morgan fingerprint density at radius 1 is 1.25 bits per heavy atom. The van der Waals surface area contributed by atoms with E-state index in [2.05, 4.69) is 4.98 Å². The normalized spacial score (nSPS) is 15.9. The summed E-state index contributed by atoms with van der Waals surface area (Å²) in [5.41, 5.74) is 2.08. The number of aromatic nitrogens is 2. The van der Waals surface area contributed by atoms with Crippen LogP contribution in [-0.4, -0.2) is 38.4 Å². The Bertz CT molecular complexity index is 816. The van der Waals surface area contributed by atoms with Crippen molar-refractivity contribution in [3.63, 3.8) is 0 Å². The molecule has 1 aliphatic heterocycles. The van der Waals surface area contributed by atoms with E-state index in [-0.39, 0.29) is 5.91 Å². The SMILES string of the molecule is O=C(Cc1cn2ccsc2n1)N1CCC(c2ccc(O)cc2)CC1. The number of rotatable bonds is 3. The van der Waals surface area contributed by atoms with Gasteiger partial charge in [0.2, 0.25) is 5.91 Å². The molecule has 1 fully saturated rings. The van der Waals surface area contributed by atoms with Gasteiger partial charge in [0, 0.05) is 30.9 Å². The first-order valence-corrected chi connectivity index (χ1v) is 9.05. The van der Waals surface area contributed by atoms with Crippen LogP contribution in [0.1, 0.15) is 30.0 Å². The lowest BCUT2D eigenvalue weighted by Crippen LogP contribution is -2.38. The summed E-state index contributed by atoms with van der Waals surface area (Å²) < 4.78 is 1.96. The molecule has 3 heterocycles. The van der Waals surface area contributed by atoms with Gasteiger partial charge >= 0.3 is 0 Å². The molecule has 0 radical (unpaired) electrons. The molecule has 0 saturated carbocycles. The highest BCUT2D eigenvalue weighted by atomic mass is 32.1. The number of fused-ring (bicyclic) bond motifs is 1. The van der Waals surface area contributed by atoms with E-state index in [4.69, 9.17) is 0 Å². The summed E-state index contributed by atoms with van der Waals surface area (Å²) in [5, 5.41) is 11.4. The van der Waals surface area contributed by atoms with E-state index in [1.54, 1.807) is 23.5 Å². The summed E-state index contributed by atoms with van der Waals surface area (Å²) in [5.74, 6) is 0.920. The topological polar surface area (TPSA) is 57.8 Å². The molecule has 124 valence electrons. The molecule has 2 aromatic heterocycles. The quantitative estimate of drug-likeness (QED) is 0.796. The van der Waals surface area contributed by atoms with Crippen LogP contribution in [0.4, 0.5) is 0 Å². The zero-order valence-corrected chi connectivity index (χ0v) is 14.1. The van der Waals surface area contributed by atoms with Gasteiger partial charge in [-0.25, -0.2) is 4.98 Å². The summed E-state index contributed by atoms with van der Waals surface area (Å²) in [6.45, 7) is 1.57. The lowest BCUT2D eigenvalue weighted by molar-refractivity contribution is -0.131. The van der Waals surface area contributed by atoms with Crippen LogP contribution in [0.5, 0.6) is 5.75 Å². The molecule has 6 heteroatoms. The first kappa shape index (κ1) is 15.2. The number of nitrogens with zero attached hydrogens (tertiary/aromatic N) is 3. The fraction of sp³-hybridized carbons (Fsp3) is 0.333. The number of likely N-dealkylation sites (tertiary alicyclic amines) is 1. The number of thiazole rings is 1. The fourth-order valence-corrected chi connectivity index (χ4v) is 4.06. The number of amides is 1. The number of phenols is 1. The molecule has 24 heavy (non-hydrogen) atoms. The maximum absolute atomic E-state index is 12.5. The molecule has 4 rings (SSSR count). The van der Waals surface area contributed by atoms with Crippen molar-refractivity contribution in [2.75, 3.05) is 13.1 Å². The molecule has 0 atom stereocenters. The maximum atomic E-state index is 12.5. The van der Waals surface area contributed by atoms with Crippen LogP contribution in [0.2, 0.25) is 0 Å². The maximum Gasteiger partial charge on any atom is 0.228 e. The Labute approximate surface area is 144 Å². The Hall–Kier alpha value is -2.34. The van der Waals surface area contributed by atoms with Gasteiger partial charge in [0.1, 0.15) is 5.75 Å². The highest BCUT2D eigenvalue weighted by molar-refractivity contribution is 7.15. The van der Waals surface area contributed by atoms with Crippen molar-refractivity contribution in [3.05, 3.63) is 53.3 Å². The van der Waals surface area contributed by atoms with E-state index in [1.807, 2.05) is 39.2 Å². The third kappa shape index (κ3) is 3.01. The minimum atomic E-state index is 0.157. The number of hydrogen-bond donors (Lipinski definition) is 1. The number of carbonyl (C=O) groups excluding carboxylic acids is 1. The summed E-state index contributed by atoms with van der Waals surface area (Å²) in [4.78, 5) is 19.9. The second kappa shape index (κ2) is 6.28. The standard InChI is InChI=1S/C18H19N3O2S/c22-16-3-1-13(2-4-16)14-5-7-20(8-6-14)17(23)11-15-12-21-9-10-24-18(21)19-15/h1-4,9-10,12,14,22H,5-8,11H2. The number of benzene rings is 1. The van der Waals surface area contributed by atoms with Gasteiger partial charge in [-0.2, -0.15) is 0 Å². The van der Waals surface area contributed by atoms with Gasteiger partial charge < -0.3 is 10.0 Å². The molecule has 3 aromatic rings. The number of phenolic OH excluding ortho intramolecular Hbond substituents is 1. The summed E-state index contributed by atoms with van der Waals surface area (Å²) in [6, 6.07) is 7.43. The molecular weight excluding hydrogens is 322 g/mol. The van der Waals surface area contributed by atoms with Crippen molar-refractivity contribution < 1.29 is 9.90 Å². The summed E-state index contributed by atoms with van der Waals surface area (Å²) in [6.07, 6.45) is 6.21. The molecule has 1 aliphatic rings. The molecule has 0 aliphatic carbocycles.